The Hall–Kier alpha value is -3.53. The minimum Gasteiger partial charge on any atom is -0.435 e. The standard InChI is InChI=1S/C21H19F2N3O4S/c22-20(23)30-19-6-2-1-5-16(19)14-31(28,29)18-9-7-17(8-10-18)26-21(27)25-13-15-4-3-11-24-12-15/h1-12,20H,13-14H2,(H2,25,26,27). The maximum atomic E-state index is 12.7. The topological polar surface area (TPSA) is 97.4 Å². The summed E-state index contributed by atoms with van der Waals surface area (Å²) in [4.78, 5) is 15.9. The molecule has 0 aliphatic carbocycles. The van der Waals surface area contributed by atoms with Gasteiger partial charge >= 0.3 is 12.6 Å². The number of carbonyl (C=O) groups is 1. The number of urea groups is 1. The molecule has 0 saturated heterocycles. The zero-order chi connectivity index (χ0) is 22.3. The molecular weight excluding hydrogens is 428 g/mol. The molecule has 0 bridgehead atoms. The smallest absolute Gasteiger partial charge is 0.387 e. The molecule has 2 aromatic carbocycles. The summed E-state index contributed by atoms with van der Waals surface area (Å²) in [6.45, 7) is -2.77. The van der Waals surface area contributed by atoms with Crippen LogP contribution in [0.1, 0.15) is 11.1 Å². The van der Waals surface area contributed by atoms with Crippen LogP contribution in [0.3, 0.4) is 0 Å². The summed E-state index contributed by atoms with van der Waals surface area (Å²) >= 11 is 0. The van der Waals surface area contributed by atoms with Crippen LogP contribution in [-0.4, -0.2) is 26.0 Å². The van der Waals surface area contributed by atoms with E-state index in [0.717, 1.165) is 5.56 Å². The average molecular weight is 447 g/mol. The lowest BCUT2D eigenvalue weighted by molar-refractivity contribution is -0.0503. The minimum absolute atomic E-state index is 0.0133. The summed E-state index contributed by atoms with van der Waals surface area (Å²) < 4.78 is 54.8. The first kappa shape index (κ1) is 22.2. The van der Waals surface area contributed by atoms with Gasteiger partial charge in [0.15, 0.2) is 9.84 Å². The van der Waals surface area contributed by atoms with E-state index in [2.05, 4.69) is 20.4 Å². The van der Waals surface area contributed by atoms with Crippen LogP contribution in [-0.2, 0) is 22.1 Å². The van der Waals surface area contributed by atoms with Crippen LogP contribution in [0.4, 0.5) is 19.3 Å². The SMILES string of the molecule is O=C(NCc1cccnc1)Nc1ccc(S(=O)(=O)Cc2ccccc2OC(F)F)cc1. The number of ether oxygens (including phenoxy) is 1. The van der Waals surface area contributed by atoms with Crippen molar-refractivity contribution in [1.82, 2.24) is 10.3 Å². The van der Waals surface area contributed by atoms with E-state index < -0.39 is 28.2 Å². The van der Waals surface area contributed by atoms with Crippen LogP contribution >= 0.6 is 0 Å². The normalized spacial score (nSPS) is 11.2. The van der Waals surface area contributed by atoms with Gasteiger partial charge in [0, 0.05) is 30.2 Å². The van der Waals surface area contributed by atoms with Crippen LogP contribution < -0.4 is 15.4 Å². The third-order valence-electron chi connectivity index (χ3n) is 4.18. The number of sulfone groups is 1. The highest BCUT2D eigenvalue weighted by Gasteiger charge is 2.19. The van der Waals surface area contributed by atoms with Gasteiger partial charge in [0.25, 0.3) is 0 Å². The summed E-state index contributed by atoms with van der Waals surface area (Å²) in [5.41, 5.74) is 1.35. The molecule has 0 aliphatic heterocycles. The van der Waals surface area contributed by atoms with Crippen molar-refractivity contribution < 1.29 is 26.7 Å². The van der Waals surface area contributed by atoms with Gasteiger partial charge in [-0.2, -0.15) is 8.78 Å². The molecule has 0 spiro atoms. The van der Waals surface area contributed by atoms with Gasteiger partial charge in [-0.1, -0.05) is 24.3 Å². The number of pyridine rings is 1. The van der Waals surface area contributed by atoms with E-state index in [0.29, 0.717) is 5.69 Å². The van der Waals surface area contributed by atoms with Crippen LogP contribution in [0.2, 0.25) is 0 Å². The van der Waals surface area contributed by atoms with Crippen molar-refractivity contribution in [2.24, 2.45) is 0 Å². The molecule has 2 amide bonds. The zero-order valence-electron chi connectivity index (χ0n) is 16.2. The largest absolute Gasteiger partial charge is 0.435 e. The molecule has 0 saturated carbocycles. The molecule has 162 valence electrons. The lowest BCUT2D eigenvalue weighted by Crippen LogP contribution is -2.28. The molecule has 1 heterocycles. The summed E-state index contributed by atoms with van der Waals surface area (Å²) in [6, 6.07) is 14.4. The predicted molar refractivity (Wildman–Crippen MR) is 111 cm³/mol. The van der Waals surface area contributed by atoms with Crippen LogP contribution in [0.15, 0.2) is 78.0 Å². The first-order valence-electron chi connectivity index (χ1n) is 9.13. The number of alkyl halides is 2. The molecule has 10 heteroatoms. The first-order valence-corrected chi connectivity index (χ1v) is 10.8. The Morgan fingerprint density at radius 3 is 2.45 bits per heavy atom. The molecule has 2 N–H and O–H groups in total. The van der Waals surface area contributed by atoms with E-state index in [9.17, 15) is 22.0 Å². The number of benzene rings is 2. The van der Waals surface area contributed by atoms with Gasteiger partial charge in [0.1, 0.15) is 5.75 Å². The number of halogens is 2. The number of carbonyl (C=O) groups excluding carboxylic acids is 1. The number of anilines is 1. The van der Waals surface area contributed by atoms with Crippen LogP contribution in [0.25, 0.3) is 0 Å². The first-order chi connectivity index (χ1) is 14.8. The van der Waals surface area contributed by atoms with Crippen molar-refractivity contribution in [2.45, 2.75) is 23.8 Å². The van der Waals surface area contributed by atoms with Crippen molar-refractivity contribution in [3.63, 3.8) is 0 Å². The van der Waals surface area contributed by atoms with E-state index >= 15 is 0 Å². The third-order valence-corrected chi connectivity index (χ3v) is 5.86. The molecule has 3 aromatic rings. The minimum atomic E-state index is -3.82. The molecule has 1 aromatic heterocycles. The van der Waals surface area contributed by atoms with Crippen molar-refractivity contribution >= 4 is 21.6 Å². The molecule has 31 heavy (non-hydrogen) atoms. The maximum Gasteiger partial charge on any atom is 0.387 e. The molecule has 7 nitrogen and oxygen atoms in total. The van der Waals surface area contributed by atoms with Gasteiger partial charge in [-0.25, -0.2) is 13.2 Å². The Morgan fingerprint density at radius 2 is 1.77 bits per heavy atom. The summed E-state index contributed by atoms with van der Waals surface area (Å²) in [5.74, 6) is -0.696. The Kier molecular flexibility index (Phi) is 7.14. The highest BCUT2D eigenvalue weighted by Crippen LogP contribution is 2.26. The number of hydrogen-bond donors (Lipinski definition) is 2. The quantitative estimate of drug-likeness (QED) is 0.545. The molecular formula is C21H19F2N3O4S. The van der Waals surface area contributed by atoms with E-state index in [1.54, 1.807) is 24.5 Å². The summed E-state index contributed by atoms with van der Waals surface area (Å²) in [5, 5.41) is 5.27. The zero-order valence-corrected chi connectivity index (χ0v) is 17.0. The van der Waals surface area contributed by atoms with Gasteiger partial charge in [0.2, 0.25) is 0 Å². The van der Waals surface area contributed by atoms with Crippen LogP contribution in [0.5, 0.6) is 5.75 Å². The molecule has 0 fully saturated rings. The van der Waals surface area contributed by atoms with Gasteiger partial charge in [-0.05, 0) is 42.0 Å². The molecule has 0 atom stereocenters. The fraction of sp³-hybridized carbons (Fsp3) is 0.143. The number of nitrogens with one attached hydrogen (secondary N) is 2. The van der Waals surface area contributed by atoms with Crippen molar-refractivity contribution in [3.05, 3.63) is 84.2 Å². The summed E-state index contributed by atoms with van der Waals surface area (Å²) in [6.07, 6.45) is 3.26. The molecule has 3 rings (SSSR count). The maximum absolute atomic E-state index is 12.7. The number of hydrogen-bond acceptors (Lipinski definition) is 5. The van der Waals surface area contributed by atoms with Crippen molar-refractivity contribution in [2.75, 3.05) is 5.32 Å². The Labute approximate surface area is 178 Å². The fourth-order valence-electron chi connectivity index (χ4n) is 2.73. The Morgan fingerprint density at radius 1 is 1.03 bits per heavy atom. The summed E-state index contributed by atoms with van der Waals surface area (Å²) in [7, 11) is -3.82. The molecule has 0 unspecified atom stereocenters. The third kappa shape index (κ3) is 6.48. The predicted octanol–water partition coefficient (Wildman–Crippen LogP) is 3.98. The van der Waals surface area contributed by atoms with Crippen LogP contribution in [0, 0.1) is 0 Å². The van der Waals surface area contributed by atoms with E-state index in [4.69, 9.17) is 0 Å². The van der Waals surface area contributed by atoms with E-state index in [1.165, 1.54) is 42.5 Å². The highest BCUT2D eigenvalue weighted by atomic mass is 32.2. The number of amides is 2. The van der Waals surface area contributed by atoms with E-state index in [-0.39, 0.29) is 22.8 Å². The number of para-hydroxylation sites is 1. The Balaban J connectivity index is 1.63. The fourth-order valence-corrected chi connectivity index (χ4v) is 4.09. The number of nitrogens with zero attached hydrogens (tertiary/aromatic N) is 1. The second-order valence-corrected chi connectivity index (χ2v) is 8.43. The van der Waals surface area contributed by atoms with Gasteiger partial charge in [-0.3, -0.25) is 4.98 Å². The monoisotopic (exact) mass is 447 g/mol. The number of aromatic nitrogens is 1. The second-order valence-electron chi connectivity index (χ2n) is 6.44. The second kappa shape index (κ2) is 9.98. The Bertz CT molecular complexity index is 1120. The lowest BCUT2D eigenvalue weighted by atomic mass is 10.2. The van der Waals surface area contributed by atoms with Crippen molar-refractivity contribution in [3.8, 4) is 5.75 Å². The number of rotatable bonds is 8. The van der Waals surface area contributed by atoms with Gasteiger partial charge in [0.05, 0.1) is 10.6 Å². The lowest BCUT2D eigenvalue weighted by Gasteiger charge is -2.12. The average Bonchev–Trinajstić information content (AvgIpc) is 2.74. The molecule has 0 radical (unpaired) electrons. The van der Waals surface area contributed by atoms with Gasteiger partial charge in [-0.15, -0.1) is 0 Å². The van der Waals surface area contributed by atoms with Crippen molar-refractivity contribution in [1.29, 1.82) is 0 Å². The molecule has 0 aliphatic rings. The van der Waals surface area contributed by atoms with E-state index in [1.807, 2.05) is 6.07 Å². The highest BCUT2D eigenvalue weighted by molar-refractivity contribution is 7.90. The van der Waals surface area contributed by atoms with Gasteiger partial charge < -0.3 is 15.4 Å².